The molecule has 0 heterocycles. The van der Waals surface area contributed by atoms with Crippen LogP contribution in [-0.4, -0.2) is 48.4 Å². The van der Waals surface area contributed by atoms with Crippen LogP contribution in [0.2, 0.25) is 0 Å². The molecule has 1 unspecified atom stereocenters. The number of hydrogen-bond donors (Lipinski definition) is 2. The second kappa shape index (κ2) is 7.60. The lowest BCUT2D eigenvalue weighted by atomic mass is 9.79. The molecule has 0 aliphatic carbocycles. The van der Waals surface area contributed by atoms with Crippen LogP contribution in [0.15, 0.2) is 18.2 Å². The van der Waals surface area contributed by atoms with Gasteiger partial charge in [0.05, 0.1) is 6.61 Å². The zero-order chi connectivity index (χ0) is 14.4. The number of benzene rings is 1. The van der Waals surface area contributed by atoms with E-state index in [1.165, 1.54) is 12.1 Å². The highest BCUT2D eigenvalue weighted by molar-refractivity contribution is 6.58. The van der Waals surface area contributed by atoms with Crippen LogP contribution in [0.1, 0.15) is 19.4 Å². The second-order valence-electron chi connectivity index (χ2n) is 4.60. The van der Waals surface area contributed by atoms with Crippen molar-refractivity contribution in [2.45, 2.75) is 26.4 Å². The summed E-state index contributed by atoms with van der Waals surface area (Å²) in [6, 6.07) is 4.65. The lowest BCUT2D eigenvalue weighted by Gasteiger charge is -2.27. The molecular weight excluding hydrogens is 248 g/mol. The molecule has 0 radical (unpaired) electrons. The summed E-state index contributed by atoms with van der Waals surface area (Å²) in [6.07, 6.45) is 0. The summed E-state index contributed by atoms with van der Waals surface area (Å²) in [5, 5.41) is 18.2. The first kappa shape index (κ1) is 16.1. The Kier molecular flexibility index (Phi) is 6.44. The van der Waals surface area contributed by atoms with Crippen molar-refractivity contribution >= 4 is 12.6 Å². The number of likely N-dealkylation sites (N-methyl/N-ethyl adjacent to an activating group) is 1. The minimum Gasteiger partial charge on any atom is -0.423 e. The summed E-state index contributed by atoms with van der Waals surface area (Å²) in [7, 11) is -0.131. The van der Waals surface area contributed by atoms with E-state index in [0.29, 0.717) is 13.2 Å². The van der Waals surface area contributed by atoms with Gasteiger partial charge in [-0.15, -0.1) is 0 Å². The number of hydrogen-bond acceptors (Lipinski definition) is 4. The SMILES string of the molecule is CCN(Cc1ccc(F)c(B(O)O)c1)C(C)COC. The molecule has 1 rings (SSSR count). The van der Waals surface area contributed by atoms with Gasteiger partial charge in [0.25, 0.3) is 0 Å². The van der Waals surface area contributed by atoms with E-state index < -0.39 is 12.9 Å². The Morgan fingerprint density at radius 2 is 2.11 bits per heavy atom. The summed E-state index contributed by atoms with van der Waals surface area (Å²) in [5.41, 5.74) is 0.752. The predicted molar refractivity (Wildman–Crippen MR) is 73.6 cm³/mol. The van der Waals surface area contributed by atoms with Gasteiger partial charge in [-0.05, 0) is 25.1 Å². The molecule has 4 nitrogen and oxygen atoms in total. The van der Waals surface area contributed by atoms with Gasteiger partial charge in [-0.3, -0.25) is 4.90 Å². The van der Waals surface area contributed by atoms with Crippen molar-refractivity contribution in [3.63, 3.8) is 0 Å². The average Bonchev–Trinajstić information content (AvgIpc) is 2.37. The first-order valence-electron chi connectivity index (χ1n) is 6.37. The van der Waals surface area contributed by atoms with E-state index in [0.717, 1.165) is 12.1 Å². The van der Waals surface area contributed by atoms with Crippen LogP contribution in [0.3, 0.4) is 0 Å². The molecule has 1 aromatic rings. The monoisotopic (exact) mass is 269 g/mol. The highest BCUT2D eigenvalue weighted by atomic mass is 19.1. The molecule has 2 N–H and O–H groups in total. The quantitative estimate of drug-likeness (QED) is 0.702. The van der Waals surface area contributed by atoms with Crippen LogP contribution in [0.4, 0.5) is 4.39 Å². The zero-order valence-electron chi connectivity index (χ0n) is 11.6. The number of halogens is 1. The van der Waals surface area contributed by atoms with Crippen molar-refractivity contribution in [2.75, 3.05) is 20.3 Å². The maximum absolute atomic E-state index is 13.4. The molecule has 0 saturated heterocycles. The van der Waals surface area contributed by atoms with Crippen molar-refractivity contribution in [3.8, 4) is 0 Å². The topological polar surface area (TPSA) is 52.9 Å². The highest BCUT2D eigenvalue weighted by Crippen LogP contribution is 2.09. The van der Waals surface area contributed by atoms with Crippen LogP contribution in [0.25, 0.3) is 0 Å². The smallest absolute Gasteiger partial charge is 0.423 e. The normalized spacial score (nSPS) is 12.8. The Bertz CT molecular complexity index is 403. The fourth-order valence-corrected chi connectivity index (χ4v) is 2.05. The molecule has 1 atom stereocenters. The summed E-state index contributed by atoms with van der Waals surface area (Å²) < 4.78 is 18.5. The molecule has 106 valence electrons. The zero-order valence-corrected chi connectivity index (χ0v) is 11.6. The third kappa shape index (κ3) is 4.58. The minimum atomic E-state index is -1.79. The van der Waals surface area contributed by atoms with E-state index in [9.17, 15) is 4.39 Å². The van der Waals surface area contributed by atoms with Gasteiger partial charge in [-0.2, -0.15) is 0 Å². The predicted octanol–water partition coefficient (Wildman–Crippen LogP) is 0.362. The molecule has 0 spiro atoms. The first-order chi connectivity index (χ1) is 8.99. The first-order valence-corrected chi connectivity index (χ1v) is 6.37. The van der Waals surface area contributed by atoms with Gasteiger partial charge in [0.2, 0.25) is 0 Å². The molecule has 0 bridgehead atoms. The van der Waals surface area contributed by atoms with Crippen LogP contribution in [-0.2, 0) is 11.3 Å². The van der Waals surface area contributed by atoms with Gasteiger partial charge in [0.15, 0.2) is 0 Å². The molecule has 19 heavy (non-hydrogen) atoms. The highest BCUT2D eigenvalue weighted by Gasteiger charge is 2.18. The lowest BCUT2D eigenvalue weighted by Crippen LogP contribution is -2.37. The van der Waals surface area contributed by atoms with Gasteiger partial charge in [0.1, 0.15) is 5.82 Å². The van der Waals surface area contributed by atoms with Crippen molar-refractivity contribution in [1.29, 1.82) is 0 Å². The van der Waals surface area contributed by atoms with Crippen molar-refractivity contribution in [3.05, 3.63) is 29.6 Å². The Hall–Kier alpha value is -0.945. The Morgan fingerprint density at radius 3 is 2.63 bits per heavy atom. The molecular formula is C13H21BFNO3. The third-order valence-electron chi connectivity index (χ3n) is 3.16. The van der Waals surface area contributed by atoms with Gasteiger partial charge in [0, 0.05) is 25.2 Å². The summed E-state index contributed by atoms with van der Waals surface area (Å²) in [4.78, 5) is 2.17. The fourth-order valence-electron chi connectivity index (χ4n) is 2.05. The van der Waals surface area contributed by atoms with Crippen LogP contribution >= 0.6 is 0 Å². The molecule has 0 aromatic heterocycles. The fraction of sp³-hybridized carbons (Fsp3) is 0.538. The number of ether oxygens (including phenoxy) is 1. The van der Waals surface area contributed by atoms with E-state index in [1.807, 2.05) is 6.92 Å². The van der Waals surface area contributed by atoms with Crippen molar-refractivity contribution in [2.24, 2.45) is 0 Å². The van der Waals surface area contributed by atoms with Crippen LogP contribution in [0, 0.1) is 5.82 Å². The average molecular weight is 269 g/mol. The molecule has 0 amide bonds. The van der Waals surface area contributed by atoms with E-state index in [2.05, 4.69) is 11.8 Å². The van der Waals surface area contributed by atoms with Crippen LogP contribution in [0.5, 0.6) is 0 Å². The van der Waals surface area contributed by atoms with E-state index in [-0.39, 0.29) is 11.5 Å². The maximum atomic E-state index is 13.4. The second-order valence-corrected chi connectivity index (χ2v) is 4.60. The van der Waals surface area contributed by atoms with Gasteiger partial charge in [-0.1, -0.05) is 19.1 Å². The lowest BCUT2D eigenvalue weighted by molar-refractivity contribution is 0.0982. The summed E-state index contributed by atoms with van der Waals surface area (Å²) in [6.45, 7) is 6.15. The third-order valence-corrected chi connectivity index (χ3v) is 3.16. The molecule has 6 heteroatoms. The molecule has 0 fully saturated rings. The molecule has 1 aromatic carbocycles. The van der Waals surface area contributed by atoms with Gasteiger partial charge < -0.3 is 14.8 Å². The van der Waals surface area contributed by atoms with Crippen molar-refractivity contribution < 1.29 is 19.2 Å². The largest absolute Gasteiger partial charge is 0.491 e. The number of rotatable bonds is 7. The number of nitrogens with zero attached hydrogens (tertiary/aromatic N) is 1. The maximum Gasteiger partial charge on any atom is 0.491 e. The Morgan fingerprint density at radius 1 is 1.42 bits per heavy atom. The molecule has 0 aliphatic rings. The summed E-state index contributed by atoms with van der Waals surface area (Å²) in [5.74, 6) is -0.605. The minimum absolute atomic E-state index is 0.0899. The van der Waals surface area contributed by atoms with E-state index in [4.69, 9.17) is 14.8 Å². The van der Waals surface area contributed by atoms with Crippen molar-refractivity contribution in [1.82, 2.24) is 4.90 Å². The number of methoxy groups -OCH3 is 1. The van der Waals surface area contributed by atoms with E-state index in [1.54, 1.807) is 13.2 Å². The summed E-state index contributed by atoms with van der Waals surface area (Å²) >= 11 is 0. The Balaban J connectivity index is 2.83. The molecule has 0 aliphatic heterocycles. The molecule has 0 saturated carbocycles. The van der Waals surface area contributed by atoms with Gasteiger partial charge >= 0.3 is 7.12 Å². The Labute approximate surface area is 114 Å². The standard InChI is InChI=1S/C13H21BFNO3/c1-4-16(10(2)9-19-3)8-11-5-6-13(15)12(7-11)14(17)18/h5-7,10,17-18H,4,8-9H2,1-3H3. The van der Waals surface area contributed by atoms with E-state index >= 15 is 0 Å². The van der Waals surface area contributed by atoms with Gasteiger partial charge in [-0.25, -0.2) is 4.39 Å². The van der Waals surface area contributed by atoms with Crippen LogP contribution < -0.4 is 5.46 Å².